The van der Waals surface area contributed by atoms with Crippen molar-refractivity contribution in [2.45, 2.75) is 13.8 Å². The van der Waals surface area contributed by atoms with Crippen LogP contribution >= 0.6 is 0 Å². The largest absolute Gasteiger partial charge is 0.451 e. The molecule has 0 amide bonds. The van der Waals surface area contributed by atoms with E-state index in [0.717, 1.165) is 12.1 Å². The van der Waals surface area contributed by atoms with Crippen molar-refractivity contribution in [1.82, 2.24) is 0 Å². The molecule has 0 unspecified atom stereocenters. The molecule has 0 atom stereocenters. The van der Waals surface area contributed by atoms with Crippen molar-refractivity contribution in [2.24, 2.45) is 0 Å². The van der Waals surface area contributed by atoms with Crippen LogP contribution in [0.15, 0.2) is 12.1 Å². The zero-order valence-electron chi connectivity index (χ0n) is 10.5. The van der Waals surface area contributed by atoms with Gasteiger partial charge in [-0.1, -0.05) is 0 Å². The molecule has 0 saturated heterocycles. The molecule has 0 N–H and O–H groups in total. The van der Waals surface area contributed by atoms with Crippen LogP contribution in [0.4, 0.5) is 22.0 Å². The van der Waals surface area contributed by atoms with E-state index in [-0.39, 0.29) is 16.9 Å². The minimum absolute atomic E-state index is 0.0684. The molecule has 0 aromatic heterocycles. The van der Waals surface area contributed by atoms with E-state index in [1.807, 2.05) is 0 Å². The first-order valence-corrected chi connectivity index (χ1v) is 5.51. The highest BCUT2D eigenvalue weighted by atomic mass is 19.2. The van der Waals surface area contributed by atoms with Gasteiger partial charge in [0.1, 0.15) is 11.6 Å². The van der Waals surface area contributed by atoms with E-state index in [0.29, 0.717) is 0 Å². The minimum atomic E-state index is -1.89. The molecule has 0 aliphatic carbocycles. The second kappa shape index (κ2) is 5.11. The van der Waals surface area contributed by atoms with E-state index in [9.17, 15) is 22.0 Å². The van der Waals surface area contributed by atoms with E-state index < -0.39 is 34.8 Å². The highest BCUT2D eigenvalue weighted by molar-refractivity contribution is 5.42. The maximum Gasteiger partial charge on any atom is 0.207 e. The molecule has 0 aliphatic rings. The summed E-state index contributed by atoms with van der Waals surface area (Å²) in [6, 6.07) is 3.54. The summed E-state index contributed by atoms with van der Waals surface area (Å²) in [6.45, 7) is 2.91. The van der Waals surface area contributed by atoms with Crippen LogP contribution in [0, 0.1) is 49.0 Å². The molecule has 0 fully saturated rings. The summed E-state index contributed by atoms with van der Waals surface area (Å²) >= 11 is 0. The third kappa shape index (κ3) is 2.33. The lowest BCUT2D eigenvalue weighted by atomic mass is 10.1. The van der Waals surface area contributed by atoms with Crippen LogP contribution in [0.1, 0.15) is 11.1 Å². The molecule has 1 radical (unpaired) electrons. The number of halogens is 5. The van der Waals surface area contributed by atoms with E-state index in [1.165, 1.54) is 19.9 Å². The summed E-state index contributed by atoms with van der Waals surface area (Å²) < 4.78 is 70.7. The second-order valence-electron chi connectivity index (χ2n) is 4.11. The molecule has 0 spiro atoms. The first-order chi connectivity index (χ1) is 9.32. The molecule has 20 heavy (non-hydrogen) atoms. The van der Waals surface area contributed by atoms with Gasteiger partial charge in [0.05, 0.1) is 6.07 Å². The molecule has 0 aliphatic heterocycles. The Morgan fingerprint density at radius 1 is 0.850 bits per heavy atom. The highest BCUT2D eigenvalue weighted by Gasteiger charge is 2.22. The smallest absolute Gasteiger partial charge is 0.207 e. The van der Waals surface area contributed by atoms with Gasteiger partial charge in [0.2, 0.25) is 11.6 Å². The van der Waals surface area contributed by atoms with Crippen LogP contribution in [0.5, 0.6) is 11.5 Å². The summed E-state index contributed by atoms with van der Waals surface area (Å²) in [7, 11) is 0. The lowest BCUT2D eigenvalue weighted by molar-refractivity contribution is 0.364. The SMILES string of the molecule is Cc1c(F)ccc(Oc2c(F)[c]c(F)c(F)c2F)c1C. The Labute approximate surface area is 111 Å². The van der Waals surface area contributed by atoms with Crippen molar-refractivity contribution in [1.29, 1.82) is 0 Å². The standard InChI is InChI=1S/C14H8F5O/c1-6-7(2)11(4-3-8(6)15)20-14-10(17)5-9(16)12(18)13(14)19/h3-4H,1-2H3. The fraction of sp³-hybridized carbons (Fsp3) is 0.143. The summed E-state index contributed by atoms with van der Waals surface area (Å²) in [5.41, 5.74) is 0.503. The molecule has 0 saturated carbocycles. The van der Waals surface area contributed by atoms with E-state index in [1.54, 1.807) is 0 Å². The van der Waals surface area contributed by atoms with E-state index in [4.69, 9.17) is 4.74 Å². The van der Waals surface area contributed by atoms with Crippen LogP contribution in [0.2, 0.25) is 0 Å². The Morgan fingerprint density at radius 3 is 2.15 bits per heavy atom. The Balaban J connectivity index is 2.51. The summed E-state index contributed by atoms with van der Waals surface area (Å²) in [6.07, 6.45) is 0. The fourth-order valence-corrected chi connectivity index (χ4v) is 1.57. The monoisotopic (exact) mass is 287 g/mol. The van der Waals surface area contributed by atoms with Crippen LogP contribution in [-0.2, 0) is 0 Å². The average molecular weight is 287 g/mol. The topological polar surface area (TPSA) is 9.23 Å². The molecule has 0 heterocycles. The normalized spacial score (nSPS) is 10.8. The zero-order chi connectivity index (χ0) is 15.0. The van der Waals surface area contributed by atoms with Gasteiger partial charge in [-0.05, 0) is 37.1 Å². The van der Waals surface area contributed by atoms with E-state index in [2.05, 4.69) is 0 Å². The molecule has 1 nitrogen and oxygen atoms in total. The lowest BCUT2D eigenvalue weighted by Crippen LogP contribution is -2.01. The van der Waals surface area contributed by atoms with Gasteiger partial charge in [-0.25, -0.2) is 17.6 Å². The first kappa shape index (κ1) is 14.3. The number of benzene rings is 2. The van der Waals surface area contributed by atoms with Gasteiger partial charge in [-0.2, -0.15) is 4.39 Å². The van der Waals surface area contributed by atoms with Crippen molar-refractivity contribution in [3.05, 3.63) is 58.4 Å². The van der Waals surface area contributed by atoms with Gasteiger partial charge >= 0.3 is 0 Å². The third-order valence-electron chi connectivity index (χ3n) is 2.89. The van der Waals surface area contributed by atoms with Crippen molar-refractivity contribution >= 4 is 0 Å². The highest BCUT2D eigenvalue weighted by Crippen LogP contribution is 2.33. The first-order valence-electron chi connectivity index (χ1n) is 5.51. The fourth-order valence-electron chi connectivity index (χ4n) is 1.57. The van der Waals surface area contributed by atoms with Crippen LogP contribution in [0.3, 0.4) is 0 Å². The summed E-state index contributed by atoms with van der Waals surface area (Å²) in [4.78, 5) is 0. The summed E-state index contributed by atoms with van der Waals surface area (Å²) in [5, 5.41) is 0. The Hall–Kier alpha value is -2.11. The van der Waals surface area contributed by atoms with Crippen molar-refractivity contribution in [2.75, 3.05) is 0 Å². The predicted molar refractivity (Wildman–Crippen MR) is 61.1 cm³/mol. The molecule has 2 aromatic rings. The number of ether oxygens (including phenoxy) is 1. The van der Waals surface area contributed by atoms with Gasteiger partial charge in [0.15, 0.2) is 17.5 Å². The molecule has 6 heteroatoms. The van der Waals surface area contributed by atoms with Gasteiger partial charge in [-0.15, -0.1) is 0 Å². The van der Waals surface area contributed by atoms with Crippen molar-refractivity contribution < 1.29 is 26.7 Å². The maximum atomic E-state index is 13.4. The van der Waals surface area contributed by atoms with Gasteiger partial charge < -0.3 is 4.74 Å². The van der Waals surface area contributed by atoms with Gasteiger partial charge in [-0.3, -0.25) is 0 Å². The zero-order valence-corrected chi connectivity index (χ0v) is 10.5. The molecular weight excluding hydrogens is 279 g/mol. The van der Waals surface area contributed by atoms with Crippen LogP contribution in [-0.4, -0.2) is 0 Å². The van der Waals surface area contributed by atoms with Crippen molar-refractivity contribution in [3.63, 3.8) is 0 Å². The molecule has 105 valence electrons. The van der Waals surface area contributed by atoms with E-state index >= 15 is 0 Å². The molecule has 2 aromatic carbocycles. The van der Waals surface area contributed by atoms with Crippen LogP contribution < -0.4 is 4.74 Å². The molecule has 2 rings (SSSR count). The number of hydrogen-bond acceptors (Lipinski definition) is 1. The quantitative estimate of drug-likeness (QED) is 0.446. The van der Waals surface area contributed by atoms with Gasteiger partial charge in [0, 0.05) is 0 Å². The Kier molecular flexibility index (Phi) is 3.65. The predicted octanol–water partition coefficient (Wildman–Crippen LogP) is 4.59. The average Bonchev–Trinajstić information content (AvgIpc) is 2.41. The maximum absolute atomic E-state index is 13.4. The van der Waals surface area contributed by atoms with Crippen molar-refractivity contribution in [3.8, 4) is 11.5 Å². The Bertz CT molecular complexity index is 682. The third-order valence-corrected chi connectivity index (χ3v) is 2.89. The second-order valence-corrected chi connectivity index (χ2v) is 4.11. The molecular formula is C14H8F5O. The number of hydrogen-bond donors (Lipinski definition) is 0. The molecule has 0 bridgehead atoms. The van der Waals surface area contributed by atoms with Crippen LogP contribution in [0.25, 0.3) is 0 Å². The number of rotatable bonds is 2. The summed E-state index contributed by atoms with van der Waals surface area (Å²) in [5.74, 6) is -8.70. The van der Waals surface area contributed by atoms with Gasteiger partial charge in [0.25, 0.3) is 0 Å². The minimum Gasteiger partial charge on any atom is -0.451 e. The Morgan fingerprint density at radius 2 is 1.50 bits per heavy atom. The lowest BCUT2D eigenvalue weighted by Gasteiger charge is -2.12.